The second-order valence-electron chi connectivity index (χ2n) is 7.14. The normalized spacial score (nSPS) is 12.7. The number of Topliss-reactive ketones (excluding diaryl/α,β-unsaturated/α-hetero) is 1. The molecule has 30 heavy (non-hydrogen) atoms. The van der Waals surface area contributed by atoms with Crippen LogP contribution in [0.25, 0.3) is 10.8 Å². The van der Waals surface area contributed by atoms with Crippen LogP contribution in [0.4, 0.5) is 0 Å². The standard InChI is InChI=1S/C24H27NO4.ClH/c1-16(24(27)17-7-5-4-6-8-17)25-14-13-22(26)19-11-12-23(29-3)20-10-9-18(28-2)15-21(19)20;/h4-12,15-16,24-25,27H,13-14H2,1-3H3;1H. The maximum absolute atomic E-state index is 12.9. The van der Waals surface area contributed by atoms with Gasteiger partial charge in [0.05, 0.1) is 27.2 Å². The molecule has 160 valence electrons. The second kappa shape index (κ2) is 11.0. The van der Waals surface area contributed by atoms with E-state index in [2.05, 4.69) is 0 Å². The summed E-state index contributed by atoms with van der Waals surface area (Å²) in [5.74, 6) is 1.49. The highest BCUT2D eigenvalue weighted by atomic mass is 35.5. The summed E-state index contributed by atoms with van der Waals surface area (Å²) in [5, 5.41) is 14.2. The number of halogens is 1. The molecule has 6 heteroatoms. The highest BCUT2D eigenvalue weighted by Gasteiger charge is 2.20. The maximum atomic E-state index is 12.9. The Morgan fingerprint density at radius 3 is 2.40 bits per heavy atom. The van der Waals surface area contributed by atoms with Crippen molar-refractivity contribution in [2.24, 2.45) is 0 Å². The van der Waals surface area contributed by atoms with Crippen molar-refractivity contribution in [1.82, 2.24) is 0 Å². The molecule has 5 nitrogen and oxygen atoms in total. The van der Waals surface area contributed by atoms with Gasteiger partial charge in [-0.1, -0.05) is 30.3 Å². The quantitative estimate of drug-likeness (QED) is 0.474. The Morgan fingerprint density at radius 2 is 1.73 bits per heavy atom. The molecule has 0 bridgehead atoms. The average molecular weight is 430 g/mol. The number of carbonyl (C=O) groups excluding carboxylic acids is 1. The summed E-state index contributed by atoms with van der Waals surface area (Å²) in [6, 6.07) is 18.8. The smallest absolute Gasteiger partial charge is 0.169 e. The molecular formula is C24H28ClNO4. The summed E-state index contributed by atoms with van der Waals surface area (Å²) in [6.07, 6.45) is -0.192. The van der Waals surface area contributed by atoms with Crippen LogP contribution >= 0.6 is 0 Å². The highest BCUT2D eigenvalue weighted by molar-refractivity contribution is 6.10. The van der Waals surface area contributed by atoms with Crippen molar-refractivity contribution in [2.75, 3.05) is 20.8 Å². The van der Waals surface area contributed by atoms with Crippen LogP contribution < -0.4 is 27.2 Å². The number of quaternary nitrogens is 1. The van der Waals surface area contributed by atoms with Crippen LogP contribution in [0.5, 0.6) is 11.5 Å². The molecule has 3 aromatic rings. The van der Waals surface area contributed by atoms with E-state index in [0.717, 1.165) is 22.1 Å². The molecule has 2 unspecified atom stereocenters. The molecule has 3 rings (SSSR count). The number of aliphatic hydroxyl groups is 1. The minimum atomic E-state index is -0.572. The molecule has 0 heterocycles. The SMILES string of the molecule is COc1ccc2c(OC)ccc(C(=O)CC[NH2+]C(C)C(O)c3ccccc3)c2c1.[Cl-]. The largest absolute Gasteiger partial charge is 1.00 e. The first kappa shape index (κ1) is 23.7. The molecule has 0 aliphatic heterocycles. The molecule has 0 spiro atoms. The van der Waals surface area contributed by atoms with Crippen LogP contribution in [0.2, 0.25) is 0 Å². The molecule has 2 atom stereocenters. The first-order valence-corrected chi connectivity index (χ1v) is 9.79. The molecule has 0 radical (unpaired) electrons. The van der Waals surface area contributed by atoms with Gasteiger partial charge in [-0.3, -0.25) is 4.79 Å². The Balaban J connectivity index is 0.00000320. The summed E-state index contributed by atoms with van der Waals surface area (Å²) in [5.41, 5.74) is 1.54. The third-order valence-corrected chi connectivity index (χ3v) is 5.25. The van der Waals surface area contributed by atoms with Crippen molar-refractivity contribution in [1.29, 1.82) is 0 Å². The Labute approximate surface area is 183 Å². The van der Waals surface area contributed by atoms with E-state index >= 15 is 0 Å². The number of nitrogens with two attached hydrogens (primary N) is 1. The number of rotatable bonds is 9. The van der Waals surface area contributed by atoms with Gasteiger partial charge in [0.2, 0.25) is 0 Å². The van der Waals surface area contributed by atoms with Gasteiger partial charge in [0.1, 0.15) is 23.6 Å². The molecule has 0 fully saturated rings. The average Bonchev–Trinajstić information content (AvgIpc) is 2.77. The fourth-order valence-corrected chi connectivity index (χ4v) is 3.54. The van der Waals surface area contributed by atoms with Gasteiger partial charge < -0.3 is 32.3 Å². The fraction of sp³-hybridized carbons (Fsp3) is 0.292. The third-order valence-electron chi connectivity index (χ3n) is 5.25. The van der Waals surface area contributed by atoms with Gasteiger partial charge in [-0.15, -0.1) is 0 Å². The minimum Gasteiger partial charge on any atom is -1.00 e. The maximum Gasteiger partial charge on any atom is 0.169 e. The lowest BCUT2D eigenvalue weighted by molar-refractivity contribution is -0.693. The Hall–Kier alpha value is -2.60. The van der Waals surface area contributed by atoms with Crippen LogP contribution in [0, 0.1) is 0 Å². The van der Waals surface area contributed by atoms with E-state index < -0.39 is 6.10 Å². The molecule has 3 N–H and O–H groups in total. The molecule has 0 aliphatic rings. The topological polar surface area (TPSA) is 72.4 Å². The highest BCUT2D eigenvalue weighted by Crippen LogP contribution is 2.32. The first-order chi connectivity index (χ1) is 14.0. The zero-order valence-electron chi connectivity index (χ0n) is 17.5. The van der Waals surface area contributed by atoms with E-state index in [0.29, 0.717) is 24.3 Å². The first-order valence-electron chi connectivity index (χ1n) is 9.79. The molecule has 3 aromatic carbocycles. The predicted molar refractivity (Wildman–Crippen MR) is 114 cm³/mol. The number of ether oxygens (including phenoxy) is 2. The number of hydrogen-bond donors (Lipinski definition) is 2. The van der Waals surface area contributed by atoms with Crippen LogP contribution in [-0.2, 0) is 0 Å². The van der Waals surface area contributed by atoms with Crippen molar-refractivity contribution in [3.63, 3.8) is 0 Å². The van der Waals surface area contributed by atoms with Gasteiger partial charge in [0.25, 0.3) is 0 Å². The summed E-state index contributed by atoms with van der Waals surface area (Å²) in [4.78, 5) is 12.9. The van der Waals surface area contributed by atoms with Gasteiger partial charge in [0.15, 0.2) is 5.78 Å². The number of fused-ring (bicyclic) bond motifs is 1. The predicted octanol–water partition coefficient (Wildman–Crippen LogP) is 0.119. The van der Waals surface area contributed by atoms with Crippen LogP contribution in [0.15, 0.2) is 60.7 Å². The van der Waals surface area contributed by atoms with E-state index in [-0.39, 0.29) is 24.2 Å². The second-order valence-corrected chi connectivity index (χ2v) is 7.14. The lowest BCUT2D eigenvalue weighted by Crippen LogP contribution is -3.00. The van der Waals surface area contributed by atoms with Crippen molar-refractivity contribution in [3.8, 4) is 11.5 Å². The van der Waals surface area contributed by atoms with Crippen molar-refractivity contribution in [3.05, 3.63) is 71.8 Å². The van der Waals surface area contributed by atoms with Crippen molar-refractivity contribution >= 4 is 16.6 Å². The number of ketones is 1. The van der Waals surface area contributed by atoms with E-state index in [1.165, 1.54) is 0 Å². The van der Waals surface area contributed by atoms with E-state index in [9.17, 15) is 9.90 Å². The Bertz CT molecular complexity index is 978. The van der Waals surface area contributed by atoms with E-state index in [1.807, 2.05) is 72.9 Å². The molecule has 0 saturated heterocycles. The Kier molecular flexibility index (Phi) is 8.66. The number of methoxy groups -OCH3 is 2. The number of carbonyl (C=O) groups is 1. The molecule has 0 amide bonds. The van der Waals surface area contributed by atoms with Gasteiger partial charge in [-0.2, -0.15) is 0 Å². The van der Waals surface area contributed by atoms with Gasteiger partial charge >= 0.3 is 0 Å². The zero-order valence-corrected chi connectivity index (χ0v) is 18.2. The monoisotopic (exact) mass is 429 g/mol. The van der Waals surface area contributed by atoms with Gasteiger partial charge in [-0.05, 0) is 48.2 Å². The van der Waals surface area contributed by atoms with Crippen molar-refractivity contribution in [2.45, 2.75) is 25.5 Å². The number of benzene rings is 3. The van der Waals surface area contributed by atoms with Gasteiger partial charge in [0, 0.05) is 10.9 Å². The van der Waals surface area contributed by atoms with E-state index in [4.69, 9.17) is 9.47 Å². The molecule has 0 aromatic heterocycles. The van der Waals surface area contributed by atoms with Crippen molar-refractivity contribution < 1.29 is 37.1 Å². The zero-order chi connectivity index (χ0) is 20.8. The van der Waals surface area contributed by atoms with Crippen LogP contribution in [0.1, 0.15) is 35.4 Å². The van der Waals surface area contributed by atoms with E-state index in [1.54, 1.807) is 14.2 Å². The molecule has 0 saturated carbocycles. The summed E-state index contributed by atoms with van der Waals surface area (Å²) in [6.45, 7) is 2.57. The Morgan fingerprint density at radius 1 is 1.00 bits per heavy atom. The number of aliphatic hydroxyl groups excluding tert-OH is 1. The third kappa shape index (κ3) is 5.30. The lowest BCUT2D eigenvalue weighted by Gasteiger charge is -2.17. The number of hydrogen-bond acceptors (Lipinski definition) is 4. The summed E-state index contributed by atoms with van der Waals surface area (Å²) in [7, 11) is 3.23. The van der Waals surface area contributed by atoms with Crippen LogP contribution in [0.3, 0.4) is 0 Å². The fourth-order valence-electron chi connectivity index (χ4n) is 3.54. The van der Waals surface area contributed by atoms with Crippen LogP contribution in [-0.4, -0.2) is 37.7 Å². The lowest BCUT2D eigenvalue weighted by atomic mass is 9.98. The molecular weight excluding hydrogens is 402 g/mol. The summed E-state index contributed by atoms with van der Waals surface area (Å²) < 4.78 is 10.8. The molecule has 0 aliphatic carbocycles. The summed E-state index contributed by atoms with van der Waals surface area (Å²) >= 11 is 0. The minimum absolute atomic E-state index is 0. The van der Waals surface area contributed by atoms with Gasteiger partial charge in [-0.25, -0.2) is 0 Å².